The lowest BCUT2D eigenvalue weighted by Gasteiger charge is -2.14. The zero-order valence-electron chi connectivity index (χ0n) is 19.7. The van der Waals surface area contributed by atoms with Gasteiger partial charge in [0, 0.05) is 45.9 Å². The zero-order valence-corrected chi connectivity index (χ0v) is 21.3. The number of hydrogen-bond donors (Lipinski definition) is 3. The predicted octanol–water partition coefficient (Wildman–Crippen LogP) is 6.97. The number of rotatable bonds is 9. The van der Waals surface area contributed by atoms with E-state index >= 15 is 0 Å². The SMILES string of the molecule is O=C(O)CCNC(=O)c1ccc(CNc2ccc(C(F)(F)F)cc2-c2nc(-c3ccc(Cl)cc3)cs2)cc1. The maximum absolute atomic E-state index is 13.5. The standard InChI is InChI=1S/C27H21ClF3N3O3S/c28-20-8-5-17(6-9-20)23-15-38-26(34-23)21-13-19(27(29,30)31)7-10-22(21)33-14-16-1-3-18(4-2-16)25(37)32-12-11-24(35)36/h1-10,13,15,33H,11-12,14H2,(H,32,37)(H,35,36). The summed E-state index contributed by atoms with van der Waals surface area (Å²) in [6, 6.07) is 17.1. The number of alkyl halides is 3. The van der Waals surface area contributed by atoms with Crippen molar-refractivity contribution in [3.63, 3.8) is 0 Å². The molecule has 3 aromatic carbocycles. The van der Waals surface area contributed by atoms with E-state index in [0.29, 0.717) is 32.5 Å². The van der Waals surface area contributed by atoms with E-state index in [-0.39, 0.29) is 19.5 Å². The zero-order chi connectivity index (χ0) is 27.3. The number of nitrogens with zero attached hydrogens (tertiary/aromatic N) is 1. The number of aliphatic carboxylic acids is 1. The Balaban J connectivity index is 1.53. The summed E-state index contributed by atoms with van der Waals surface area (Å²) in [4.78, 5) is 27.3. The summed E-state index contributed by atoms with van der Waals surface area (Å²) in [7, 11) is 0. The molecular weight excluding hydrogens is 539 g/mol. The van der Waals surface area contributed by atoms with Crippen LogP contribution in [0.2, 0.25) is 5.02 Å². The number of anilines is 1. The fourth-order valence-electron chi connectivity index (χ4n) is 3.56. The van der Waals surface area contributed by atoms with Crippen LogP contribution in [0.25, 0.3) is 21.8 Å². The molecule has 0 bridgehead atoms. The highest BCUT2D eigenvalue weighted by Crippen LogP contribution is 2.38. The first-order valence-electron chi connectivity index (χ1n) is 11.4. The number of nitrogens with one attached hydrogen (secondary N) is 2. The molecule has 0 aliphatic rings. The van der Waals surface area contributed by atoms with Gasteiger partial charge < -0.3 is 15.7 Å². The van der Waals surface area contributed by atoms with Gasteiger partial charge in [0.1, 0.15) is 5.01 Å². The first-order valence-corrected chi connectivity index (χ1v) is 12.6. The summed E-state index contributed by atoms with van der Waals surface area (Å²) < 4.78 is 40.4. The van der Waals surface area contributed by atoms with Crippen LogP contribution < -0.4 is 10.6 Å². The number of halogens is 4. The normalized spacial score (nSPS) is 11.3. The van der Waals surface area contributed by atoms with Crippen LogP contribution in [0.3, 0.4) is 0 Å². The Morgan fingerprint density at radius 3 is 2.37 bits per heavy atom. The van der Waals surface area contributed by atoms with Crippen LogP contribution >= 0.6 is 22.9 Å². The van der Waals surface area contributed by atoms with Gasteiger partial charge in [-0.2, -0.15) is 13.2 Å². The molecular formula is C27H21ClF3N3O3S. The number of amides is 1. The van der Waals surface area contributed by atoms with Crippen molar-refractivity contribution in [2.24, 2.45) is 0 Å². The highest BCUT2D eigenvalue weighted by Gasteiger charge is 2.31. The molecule has 1 amide bonds. The molecule has 0 radical (unpaired) electrons. The second-order valence-corrected chi connectivity index (χ2v) is 9.55. The Kier molecular flexibility index (Phi) is 8.33. The number of thiazole rings is 1. The van der Waals surface area contributed by atoms with E-state index < -0.39 is 23.6 Å². The first-order chi connectivity index (χ1) is 18.1. The first kappa shape index (κ1) is 27.2. The molecule has 0 atom stereocenters. The maximum atomic E-state index is 13.5. The minimum Gasteiger partial charge on any atom is -0.481 e. The highest BCUT2D eigenvalue weighted by molar-refractivity contribution is 7.13. The fraction of sp³-hybridized carbons (Fsp3) is 0.148. The molecule has 0 saturated carbocycles. The molecule has 0 saturated heterocycles. The lowest BCUT2D eigenvalue weighted by Crippen LogP contribution is -2.25. The summed E-state index contributed by atoms with van der Waals surface area (Å²) in [5.74, 6) is -1.40. The average Bonchev–Trinajstić information content (AvgIpc) is 3.37. The van der Waals surface area contributed by atoms with Crippen molar-refractivity contribution in [3.8, 4) is 21.8 Å². The van der Waals surface area contributed by atoms with Crippen molar-refractivity contribution in [2.45, 2.75) is 19.1 Å². The fourth-order valence-corrected chi connectivity index (χ4v) is 4.54. The molecule has 0 spiro atoms. The van der Waals surface area contributed by atoms with E-state index in [1.165, 1.54) is 17.4 Å². The summed E-state index contributed by atoms with van der Waals surface area (Å²) >= 11 is 7.19. The average molecular weight is 560 g/mol. The van der Waals surface area contributed by atoms with Crippen LogP contribution in [-0.2, 0) is 17.5 Å². The van der Waals surface area contributed by atoms with Gasteiger partial charge in [0.15, 0.2) is 0 Å². The number of benzene rings is 3. The molecule has 38 heavy (non-hydrogen) atoms. The van der Waals surface area contributed by atoms with E-state index in [2.05, 4.69) is 15.6 Å². The van der Waals surface area contributed by atoms with E-state index in [1.807, 2.05) is 0 Å². The van der Waals surface area contributed by atoms with E-state index in [1.54, 1.807) is 53.9 Å². The van der Waals surface area contributed by atoms with Gasteiger partial charge in [-0.15, -0.1) is 11.3 Å². The number of carboxylic acids is 1. The monoisotopic (exact) mass is 559 g/mol. The van der Waals surface area contributed by atoms with Crippen LogP contribution in [0, 0.1) is 0 Å². The third-order valence-corrected chi connectivity index (χ3v) is 6.67. The van der Waals surface area contributed by atoms with Crippen LogP contribution in [-0.4, -0.2) is 28.5 Å². The Labute approximate surface area is 225 Å². The number of carbonyl (C=O) groups excluding carboxylic acids is 1. The molecule has 6 nitrogen and oxygen atoms in total. The number of aromatic nitrogens is 1. The molecule has 1 heterocycles. The van der Waals surface area contributed by atoms with Crippen LogP contribution in [0.15, 0.2) is 72.1 Å². The van der Waals surface area contributed by atoms with Gasteiger partial charge in [-0.1, -0.05) is 35.9 Å². The van der Waals surface area contributed by atoms with E-state index in [9.17, 15) is 22.8 Å². The van der Waals surface area contributed by atoms with Gasteiger partial charge in [-0.05, 0) is 48.0 Å². The molecule has 196 valence electrons. The molecule has 0 aliphatic heterocycles. The summed E-state index contributed by atoms with van der Waals surface area (Å²) in [6.07, 6.45) is -4.69. The molecule has 4 rings (SSSR count). The Morgan fingerprint density at radius 2 is 1.71 bits per heavy atom. The maximum Gasteiger partial charge on any atom is 0.416 e. The summed E-state index contributed by atoms with van der Waals surface area (Å²) in [5, 5.41) is 17.2. The van der Waals surface area contributed by atoms with Gasteiger partial charge in [0.2, 0.25) is 0 Å². The number of carbonyl (C=O) groups is 2. The van der Waals surface area contributed by atoms with Crippen LogP contribution in [0.4, 0.5) is 18.9 Å². The third kappa shape index (κ3) is 6.90. The second-order valence-electron chi connectivity index (χ2n) is 8.25. The summed E-state index contributed by atoms with van der Waals surface area (Å²) in [6.45, 7) is 0.305. The molecule has 3 N–H and O–H groups in total. The second kappa shape index (κ2) is 11.7. The van der Waals surface area contributed by atoms with E-state index in [4.69, 9.17) is 16.7 Å². The van der Waals surface area contributed by atoms with E-state index in [0.717, 1.165) is 23.3 Å². The minimum absolute atomic E-state index is 0.0185. The topological polar surface area (TPSA) is 91.3 Å². The van der Waals surface area contributed by atoms with Gasteiger partial charge in [-0.3, -0.25) is 9.59 Å². The van der Waals surface area contributed by atoms with Gasteiger partial charge in [0.05, 0.1) is 17.7 Å². The number of hydrogen-bond acceptors (Lipinski definition) is 5. The minimum atomic E-state index is -4.51. The van der Waals surface area contributed by atoms with Gasteiger partial charge >= 0.3 is 12.1 Å². The lowest BCUT2D eigenvalue weighted by atomic mass is 10.1. The molecule has 1 aromatic heterocycles. The Bertz CT molecular complexity index is 1440. The summed E-state index contributed by atoms with van der Waals surface area (Å²) in [5.41, 5.74) is 2.60. The van der Waals surface area contributed by atoms with Gasteiger partial charge in [0.25, 0.3) is 5.91 Å². The molecule has 0 fully saturated rings. The third-order valence-electron chi connectivity index (χ3n) is 5.54. The van der Waals surface area contributed by atoms with Gasteiger partial charge in [-0.25, -0.2) is 4.98 Å². The van der Waals surface area contributed by atoms with Crippen LogP contribution in [0.5, 0.6) is 0 Å². The Morgan fingerprint density at radius 1 is 1.00 bits per heavy atom. The number of carboxylic acid groups (broad SMARTS) is 1. The predicted molar refractivity (Wildman–Crippen MR) is 141 cm³/mol. The van der Waals surface area contributed by atoms with Crippen molar-refractivity contribution >= 4 is 40.5 Å². The largest absolute Gasteiger partial charge is 0.481 e. The highest BCUT2D eigenvalue weighted by atomic mass is 35.5. The van der Waals surface area contributed by atoms with Crippen molar-refractivity contribution in [1.82, 2.24) is 10.3 Å². The van der Waals surface area contributed by atoms with Crippen molar-refractivity contribution in [2.75, 3.05) is 11.9 Å². The lowest BCUT2D eigenvalue weighted by molar-refractivity contribution is -0.138. The smallest absolute Gasteiger partial charge is 0.416 e. The van der Waals surface area contributed by atoms with Crippen molar-refractivity contribution in [1.29, 1.82) is 0 Å². The molecule has 0 unspecified atom stereocenters. The quantitative estimate of drug-likeness (QED) is 0.206. The van der Waals surface area contributed by atoms with Crippen LogP contribution in [0.1, 0.15) is 27.9 Å². The van der Waals surface area contributed by atoms with Crippen molar-refractivity contribution in [3.05, 3.63) is 93.8 Å². The molecule has 11 heteroatoms. The van der Waals surface area contributed by atoms with Crippen molar-refractivity contribution < 1.29 is 27.9 Å². The molecule has 4 aromatic rings. The Hall–Kier alpha value is -3.89. The molecule has 0 aliphatic carbocycles.